The number of amides is 5. The van der Waals surface area contributed by atoms with Crippen molar-refractivity contribution in [3.05, 3.63) is 22.1 Å². The largest absolute Gasteiger partial charge is 0.481 e. The van der Waals surface area contributed by atoms with Crippen LogP contribution in [-0.4, -0.2) is 365 Å². The van der Waals surface area contributed by atoms with Crippen molar-refractivity contribution < 1.29 is 225 Å². The molecule has 0 fully saturated rings. The molecule has 5 amide bonds. The van der Waals surface area contributed by atoms with Gasteiger partial charge in [0.1, 0.15) is 43.0 Å². The lowest BCUT2D eigenvalue weighted by molar-refractivity contribution is -0.392. The van der Waals surface area contributed by atoms with Gasteiger partial charge in [-0.3, -0.25) is 144 Å². The van der Waals surface area contributed by atoms with Crippen LogP contribution in [0.4, 0.5) is 5.82 Å². The summed E-state index contributed by atoms with van der Waals surface area (Å²) >= 11 is 0. The summed E-state index contributed by atoms with van der Waals surface area (Å²) in [7, 11) is 0. The summed E-state index contributed by atoms with van der Waals surface area (Å²) in [6.45, 7) is 0.674. The maximum absolute atomic E-state index is 14.3. The third kappa shape index (κ3) is 46.7. The van der Waals surface area contributed by atoms with E-state index in [2.05, 4.69) is 21.2 Å². The molecule has 0 aliphatic heterocycles. The van der Waals surface area contributed by atoms with Crippen LogP contribution in [0, 0.1) is 17.0 Å². The molecule has 1 aromatic rings. The fourth-order valence-electron chi connectivity index (χ4n) is 12.0. The highest BCUT2D eigenvalue weighted by atomic mass is 16.6. The molecule has 0 saturated heterocycles. The first-order chi connectivity index (χ1) is 65.2. The van der Waals surface area contributed by atoms with Crippen LogP contribution in [-0.2, 0) is 150 Å². The van der Waals surface area contributed by atoms with E-state index in [1.807, 2.05) is 59.4 Å². The quantitative estimate of drug-likeness (QED) is 0.0164. The second kappa shape index (κ2) is 61.4. The van der Waals surface area contributed by atoms with E-state index in [0.29, 0.717) is 0 Å². The number of ketones is 10. The van der Waals surface area contributed by atoms with Crippen LogP contribution in [0.25, 0.3) is 0 Å². The molecular formula is C74H101N19O47. The third-order valence-electron chi connectivity index (χ3n) is 19.1. The van der Waals surface area contributed by atoms with E-state index in [9.17, 15) is 225 Å². The van der Waals surface area contributed by atoms with Crippen molar-refractivity contribution in [1.29, 1.82) is 0 Å². The number of imidazole rings is 1. The van der Waals surface area contributed by atoms with Crippen LogP contribution < -0.4 is 86.6 Å². The predicted molar refractivity (Wildman–Crippen MR) is 442 cm³/mol. The Morgan fingerprint density at radius 2 is 0.493 bits per heavy atom. The van der Waals surface area contributed by atoms with Crippen LogP contribution in [0.2, 0.25) is 0 Å². The Hall–Kier alpha value is -15.7. The number of nitrogens with zero attached hydrogens (tertiary/aromatic N) is 3. The molecule has 140 heavy (non-hydrogen) atoms. The molecule has 1 heterocycles. The Morgan fingerprint density at radius 1 is 0.279 bits per heavy atom. The molecule has 0 spiro atoms. The lowest BCUT2D eigenvalue weighted by atomic mass is 9.96. The molecule has 15 atom stereocenters. The normalized spacial score (nSPS) is 14.3. The minimum absolute atomic E-state index is 0.120. The smallest absolute Gasteiger partial charge is 0.342 e. The summed E-state index contributed by atoms with van der Waals surface area (Å²) in [5.41, 5.74) is 25.2. The van der Waals surface area contributed by atoms with Crippen LogP contribution in [0.15, 0.2) is 6.20 Å². The highest BCUT2D eigenvalue weighted by Crippen LogP contribution is 2.17. The van der Waals surface area contributed by atoms with Crippen molar-refractivity contribution >= 4 is 183 Å². The van der Waals surface area contributed by atoms with Crippen LogP contribution in [0.5, 0.6) is 0 Å². The highest BCUT2D eigenvalue weighted by molar-refractivity contribution is 6.44. The van der Waals surface area contributed by atoms with Gasteiger partial charge in [0.15, 0.2) is 5.82 Å². The SMILES string of the molecule is Cc1ncc([N+](=O)[O-])n1CCNC(=O)[C@H](CCC(=O)O)NN[C@@H](CC(=O)O)C(=O)C(=O)[C@H](CCC(=O)O)NN[C@@H](CC(=O)O)C(=O)N[C@@H](CCC(=O)O)C(=O)N[C@@H](CC(=O)O)C(=O)C(=O)[C@H](CCC(=O)O)NN[C@@H](CC(=O)O)C(=O)C(=O)[C@H](CCC(=O)O)NN[C@@H](CC(=O)O)C(=O)C(=O)[C@H](CCC(=O)O)NN[C@@H](CC(=O)O)C(=O)C(=O)[C@H](CCC(=O)O)NC(=O)[C@H](CC(=O)O)NC(=O)[C@@H](N)CCC(=O)O. The number of hydrogen-bond donors (Lipinski definition) is 31. The average molecular weight is 2010 g/mol. The maximum atomic E-state index is 14.3. The molecule has 1 rings (SSSR count). The lowest BCUT2D eigenvalue weighted by Crippen LogP contribution is -2.62. The van der Waals surface area contributed by atoms with Crippen molar-refractivity contribution in [2.45, 2.75) is 252 Å². The van der Waals surface area contributed by atoms with Crippen LogP contribution in [0.3, 0.4) is 0 Å². The number of carboxylic acid groups (broad SMARTS) is 15. The van der Waals surface area contributed by atoms with Gasteiger partial charge in [-0.1, -0.05) is 0 Å². The van der Waals surface area contributed by atoms with Crippen LogP contribution in [0.1, 0.15) is 154 Å². The fourth-order valence-corrected chi connectivity index (χ4v) is 12.0. The first-order valence-electron chi connectivity index (χ1n) is 40.8. The number of nitrogens with one attached hydrogen (secondary N) is 15. The topological polar surface area (TPSA) is 1080 Å². The van der Waals surface area contributed by atoms with Gasteiger partial charge in [-0.05, 0) is 56.3 Å². The Morgan fingerprint density at radius 3 is 0.814 bits per heavy atom. The number of nitrogens with two attached hydrogens (primary N) is 1. The molecule has 0 radical (unpaired) electrons. The monoisotopic (exact) mass is 2010 g/mol. The number of aliphatic carboxylic acids is 15. The Bertz CT molecular complexity index is 4860. The summed E-state index contributed by atoms with van der Waals surface area (Å²) < 4.78 is 1.07. The average Bonchev–Trinajstić information content (AvgIpc) is 1.55. The molecule has 0 unspecified atom stereocenters. The van der Waals surface area contributed by atoms with Crippen molar-refractivity contribution in [2.24, 2.45) is 5.73 Å². The minimum Gasteiger partial charge on any atom is -0.481 e. The summed E-state index contributed by atoms with van der Waals surface area (Å²) in [6, 6.07) is -35.5. The molecule has 0 aliphatic carbocycles. The summed E-state index contributed by atoms with van der Waals surface area (Å²) in [5, 5.41) is 166. The van der Waals surface area contributed by atoms with Crippen molar-refractivity contribution in [1.82, 2.24) is 90.4 Å². The van der Waals surface area contributed by atoms with Crippen molar-refractivity contribution in [3.63, 3.8) is 0 Å². The van der Waals surface area contributed by atoms with E-state index in [4.69, 9.17) is 10.8 Å². The Balaban J connectivity index is 3.86. The molecule has 32 N–H and O–H groups in total. The fraction of sp³-hybridized carbons (Fsp3) is 0.554. The highest BCUT2D eigenvalue weighted by Gasteiger charge is 2.44. The maximum Gasteiger partial charge on any atom is 0.342 e. The van der Waals surface area contributed by atoms with Gasteiger partial charge in [0.05, 0.1) is 112 Å². The Kier molecular flexibility index (Phi) is 53.6. The van der Waals surface area contributed by atoms with Gasteiger partial charge in [0, 0.05) is 58.3 Å². The van der Waals surface area contributed by atoms with Gasteiger partial charge in [0.2, 0.25) is 87.4 Å². The van der Waals surface area contributed by atoms with Gasteiger partial charge in [0.25, 0.3) is 0 Å². The number of rotatable bonds is 81. The van der Waals surface area contributed by atoms with E-state index in [1.54, 1.807) is 5.32 Å². The van der Waals surface area contributed by atoms with Crippen molar-refractivity contribution in [2.75, 3.05) is 6.54 Å². The molecule has 0 aliphatic rings. The van der Waals surface area contributed by atoms with Gasteiger partial charge in [-0.2, -0.15) is 0 Å². The summed E-state index contributed by atoms with van der Waals surface area (Å²) in [4.78, 5) is 402. The third-order valence-corrected chi connectivity index (χ3v) is 19.1. The second-order valence-corrected chi connectivity index (χ2v) is 30.0. The number of carbonyl (C=O) groups excluding carboxylic acids is 15. The number of aromatic nitrogens is 2. The first kappa shape index (κ1) is 122. The number of aryl methyl sites for hydroxylation is 1. The Labute approximate surface area is 782 Å². The molecule has 66 heteroatoms. The standard InChI is InChI=1S/C74H101N19O47/c1-28-77-27-44(93(139)140)92(28)19-18-76-71(135)36(9-17-52(108)109)86-90-41(24-57(118)119)69(133)64(128)34(7-15-50(104)105)85-91-43(26-59(122)123)74(138)79-35(8-16-51(106)107)72(136)80-37(20-53(110)111)65(129)61(125)31(4-12-47(98)99)82-88-39(22-55(114)115)67(131)63(127)33(6-14-49(102)103)84-89-40(23-56(116)117)68(132)62(126)32(5-13-48(100)101)83-87-38(21-54(112)113)66(130)60(124)30(3-11-46(96)97)78-73(137)42(25-58(120)121)81-70(134)29(75)2-10-45(94)95/h27,29-43,82-91H,2-26,75H2,1H3,(H,76,135)(H,78,137)(H,79,138)(H,80,136)(H,81,134)(H,94,95)(H,96,97)(H,98,99)(H,100,101)(H,102,103)(H,104,105)(H,106,107)(H,108,109)(H,110,111)(H,112,113)(H,114,115)(H,116,117)(H,118,119)(H,120,121)(H,122,123)/t29-,30-,31-,32-,33-,34-,35-,36-,37-,38-,39-,40-,41-,42-,43-/m0/s1. The van der Waals surface area contributed by atoms with Gasteiger partial charge >= 0.3 is 95.4 Å². The number of carbonyl (C=O) groups is 30. The van der Waals surface area contributed by atoms with E-state index >= 15 is 0 Å². The number of Topliss-reactive ketones (excluding diaryl/α,β-unsaturated/α-hetero) is 10. The van der Waals surface area contributed by atoms with E-state index in [0.717, 1.165) is 10.8 Å². The zero-order valence-corrected chi connectivity index (χ0v) is 73.1. The van der Waals surface area contributed by atoms with E-state index < -0.39 is 433 Å². The molecule has 66 nitrogen and oxygen atoms in total. The number of carboxylic acids is 15. The molecule has 0 saturated carbocycles. The number of hydrogen-bond acceptors (Lipinski definition) is 44. The summed E-state index contributed by atoms with van der Waals surface area (Å²) in [5.74, 6) is -55.3. The zero-order chi connectivity index (χ0) is 107. The molecule has 0 bridgehead atoms. The number of nitro groups is 1. The van der Waals surface area contributed by atoms with Gasteiger partial charge in [-0.15, -0.1) is 0 Å². The second-order valence-electron chi connectivity index (χ2n) is 30.0. The zero-order valence-electron chi connectivity index (χ0n) is 73.1. The predicted octanol–water partition coefficient (Wildman–Crippen LogP) is -12.4. The number of hydrazine groups is 5. The molecule has 774 valence electrons. The van der Waals surface area contributed by atoms with Gasteiger partial charge in [-0.25, -0.2) is 63.8 Å². The lowest BCUT2D eigenvalue weighted by Gasteiger charge is -2.27. The minimum atomic E-state index is -2.76. The first-order valence-corrected chi connectivity index (χ1v) is 40.8. The van der Waals surface area contributed by atoms with Crippen molar-refractivity contribution in [3.8, 4) is 0 Å². The molecular weight excluding hydrogens is 1910 g/mol. The van der Waals surface area contributed by atoms with E-state index in [-0.39, 0.29) is 12.4 Å². The molecule has 0 aromatic carbocycles. The van der Waals surface area contributed by atoms with Crippen LogP contribution >= 0.6 is 0 Å². The molecule has 1 aromatic heterocycles. The van der Waals surface area contributed by atoms with Gasteiger partial charge < -0.3 is 119 Å². The van der Waals surface area contributed by atoms with E-state index in [1.165, 1.54) is 6.92 Å². The summed E-state index contributed by atoms with van der Waals surface area (Å²) in [6.07, 6.45) is -26.5.